The van der Waals surface area contributed by atoms with Crippen LogP contribution in [0.3, 0.4) is 0 Å². The second-order valence-electron chi connectivity index (χ2n) is 10.9. The summed E-state index contributed by atoms with van der Waals surface area (Å²) in [5.41, 5.74) is -1.17. The Bertz CT molecular complexity index is 607. The predicted octanol–water partition coefficient (Wildman–Crippen LogP) is 7.31. The molecule has 0 heterocycles. The summed E-state index contributed by atoms with van der Waals surface area (Å²) in [4.78, 5) is 37.4. The molecule has 0 saturated heterocycles. The average Bonchev–Trinajstić information content (AvgIpc) is 2.92. The first kappa shape index (κ1) is 36.4. The Balaban J connectivity index is 4.92. The summed E-state index contributed by atoms with van der Waals surface area (Å²) in [6, 6.07) is 0. The third-order valence-corrected chi connectivity index (χ3v) is 7.14. The number of carbonyl (C=O) groups is 3. The number of hydrogen-bond acceptors (Lipinski definition) is 7. The maximum Gasteiger partial charge on any atom is 0.308 e. The number of unbranched alkanes of at least 4 members (excludes halogenated alkanes) is 11. The minimum atomic E-state index is -1.17. The van der Waals surface area contributed by atoms with Crippen LogP contribution in [0.5, 0.6) is 0 Å². The zero-order valence-electron chi connectivity index (χ0n) is 25.0. The summed E-state index contributed by atoms with van der Waals surface area (Å²) < 4.78 is 16.6. The molecule has 2 unspecified atom stereocenters. The first-order valence-corrected chi connectivity index (χ1v) is 15.5. The van der Waals surface area contributed by atoms with Gasteiger partial charge < -0.3 is 19.3 Å². The number of aliphatic hydroxyl groups is 1. The molecule has 0 aromatic heterocycles. The third kappa shape index (κ3) is 18.6. The Hall–Kier alpha value is -1.63. The van der Waals surface area contributed by atoms with Crippen LogP contribution in [0.25, 0.3) is 0 Å². The van der Waals surface area contributed by atoms with E-state index in [2.05, 4.69) is 20.8 Å². The molecule has 0 aliphatic rings. The van der Waals surface area contributed by atoms with Crippen molar-refractivity contribution < 1.29 is 33.7 Å². The first-order valence-electron chi connectivity index (χ1n) is 15.5. The molecular weight excluding hydrogens is 484 g/mol. The van der Waals surface area contributed by atoms with Crippen LogP contribution in [0.1, 0.15) is 143 Å². The third-order valence-electron chi connectivity index (χ3n) is 7.14. The van der Waals surface area contributed by atoms with Crippen LogP contribution < -0.4 is 0 Å². The molecule has 0 bridgehead atoms. The molecular formula is C31H58O7. The standard InChI is InChI=1S/C31H58O7/c1-5-9-12-14-15-17-19-22-29(34)37-25-31(23-32,24-36-28(33)21-18-16-13-10-6-2)26-38-30(35)27(8-4)20-11-7-3/h27,32H,5-26H2,1-4H3. The van der Waals surface area contributed by atoms with Crippen molar-refractivity contribution in [3.63, 3.8) is 0 Å². The van der Waals surface area contributed by atoms with Gasteiger partial charge in [0.15, 0.2) is 0 Å². The molecule has 2 atom stereocenters. The van der Waals surface area contributed by atoms with Crippen LogP contribution in [0.4, 0.5) is 0 Å². The topological polar surface area (TPSA) is 99.1 Å². The number of ether oxygens (including phenoxy) is 3. The number of aliphatic hydroxyl groups excluding tert-OH is 1. The van der Waals surface area contributed by atoms with E-state index >= 15 is 0 Å². The van der Waals surface area contributed by atoms with Crippen LogP contribution in [-0.4, -0.2) is 49.4 Å². The van der Waals surface area contributed by atoms with E-state index in [0.717, 1.165) is 70.6 Å². The molecule has 7 heteroatoms. The van der Waals surface area contributed by atoms with Crippen molar-refractivity contribution in [2.45, 2.75) is 143 Å². The summed E-state index contributed by atoms with van der Waals surface area (Å²) in [5, 5.41) is 10.3. The van der Waals surface area contributed by atoms with Gasteiger partial charge in [0.1, 0.15) is 19.8 Å². The largest absolute Gasteiger partial charge is 0.465 e. The van der Waals surface area contributed by atoms with Crippen LogP contribution in [0.2, 0.25) is 0 Å². The van der Waals surface area contributed by atoms with Crippen LogP contribution in [-0.2, 0) is 28.6 Å². The molecule has 0 amide bonds. The highest BCUT2D eigenvalue weighted by Crippen LogP contribution is 2.23. The van der Waals surface area contributed by atoms with Gasteiger partial charge in [0.2, 0.25) is 0 Å². The molecule has 1 N–H and O–H groups in total. The smallest absolute Gasteiger partial charge is 0.308 e. The SMILES string of the molecule is CCCCCCCCCC(=O)OCC(CO)(COC(=O)CCCCCCC)COC(=O)C(CC)CCCC. The molecule has 7 nitrogen and oxygen atoms in total. The van der Waals surface area contributed by atoms with Gasteiger partial charge >= 0.3 is 17.9 Å². The fourth-order valence-corrected chi connectivity index (χ4v) is 4.25. The Morgan fingerprint density at radius 1 is 0.605 bits per heavy atom. The van der Waals surface area contributed by atoms with Crippen LogP contribution in [0.15, 0.2) is 0 Å². The molecule has 0 radical (unpaired) electrons. The van der Waals surface area contributed by atoms with Gasteiger partial charge in [-0.15, -0.1) is 0 Å². The number of hydrogen-bond donors (Lipinski definition) is 1. The van der Waals surface area contributed by atoms with Gasteiger partial charge in [0.25, 0.3) is 0 Å². The van der Waals surface area contributed by atoms with Crippen molar-refractivity contribution in [1.29, 1.82) is 0 Å². The molecule has 38 heavy (non-hydrogen) atoms. The fraction of sp³-hybridized carbons (Fsp3) is 0.903. The van der Waals surface area contributed by atoms with E-state index in [1.807, 2.05) is 6.92 Å². The zero-order valence-corrected chi connectivity index (χ0v) is 25.0. The highest BCUT2D eigenvalue weighted by Gasteiger charge is 2.36. The van der Waals surface area contributed by atoms with Crippen molar-refractivity contribution in [1.82, 2.24) is 0 Å². The van der Waals surface area contributed by atoms with Crippen LogP contribution in [0, 0.1) is 11.3 Å². The highest BCUT2D eigenvalue weighted by atomic mass is 16.6. The van der Waals surface area contributed by atoms with Gasteiger partial charge in [0, 0.05) is 12.8 Å². The van der Waals surface area contributed by atoms with Crippen molar-refractivity contribution in [2.24, 2.45) is 11.3 Å². The van der Waals surface area contributed by atoms with Gasteiger partial charge in [-0.25, -0.2) is 0 Å². The predicted molar refractivity (Wildman–Crippen MR) is 152 cm³/mol. The second-order valence-corrected chi connectivity index (χ2v) is 10.9. The fourth-order valence-electron chi connectivity index (χ4n) is 4.25. The van der Waals surface area contributed by atoms with Crippen LogP contribution >= 0.6 is 0 Å². The van der Waals surface area contributed by atoms with Gasteiger partial charge in [0.05, 0.1) is 17.9 Å². The first-order chi connectivity index (χ1) is 18.4. The van der Waals surface area contributed by atoms with E-state index in [0.29, 0.717) is 19.3 Å². The Kier molecular flexibility index (Phi) is 23.4. The van der Waals surface area contributed by atoms with E-state index in [-0.39, 0.29) is 43.6 Å². The summed E-state index contributed by atoms with van der Waals surface area (Å²) >= 11 is 0. The monoisotopic (exact) mass is 542 g/mol. The average molecular weight is 543 g/mol. The molecule has 0 fully saturated rings. The lowest BCUT2D eigenvalue weighted by atomic mass is 9.92. The lowest BCUT2D eigenvalue weighted by Crippen LogP contribution is -2.43. The molecule has 0 aliphatic carbocycles. The molecule has 0 aromatic carbocycles. The minimum absolute atomic E-state index is 0.165. The molecule has 0 aliphatic heterocycles. The van der Waals surface area contributed by atoms with Crippen molar-refractivity contribution >= 4 is 17.9 Å². The maximum atomic E-state index is 12.7. The number of esters is 3. The minimum Gasteiger partial charge on any atom is -0.465 e. The molecule has 0 saturated carbocycles. The maximum absolute atomic E-state index is 12.7. The molecule has 224 valence electrons. The zero-order chi connectivity index (χ0) is 28.5. The number of rotatable bonds is 26. The Morgan fingerprint density at radius 3 is 1.45 bits per heavy atom. The summed E-state index contributed by atoms with van der Waals surface area (Å²) in [6.45, 7) is 7.43. The van der Waals surface area contributed by atoms with E-state index in [1.54, 1.807) is 0 Å². The molecule has 0 aromatic rings. The van der Waals surface area contributed by atoms with E-state index in [9.17, 15) is 19.5 Å². The Morgan fingerprint density at radius 2 is 1.03 bits per heavy atom. The molecule has 0 rings (SSSR count). The molecule has 0 spiro atoms. The van der Waals surface area contributed by atoms with Gasteiger partial charge in [-0.2, -0.15) is 0 Å². The lowest BCUT2D eigenvalue weighted by Gasteiger charge is -2.30. The Labute approximate surface area is 232 Å². The van der Waals surface area contributed by atoms with E-state index in [1.165, 1.54) is 25.7 Å². The van der Waals surface area contributed by atoms with Crippen molar-refractivity contribution in [3.8, 4) is 0 Å². The van der Waals surface area contributed by atoms with E-state index in [4.69, 9.17) is 14.2 Å². The second kappa shape index (κ2) is 24.4. The normalized spacial score (nSPS) is 13.5. The van der Waals surface area contributed by atoms with Crippen molar-refractivity contribution in [3.05, 3.63) is 0 Å². The summed E-state index contributed by atoms with van der Waals surface area (Å²) in [7, 11) is 0. The van der Waals surface area contributed by atoms with Gasteiger partial charge in [-0.1, -0.05) is 105 Å². The number of carbonyl (C=O) groups excluding carboxylic acids is 3. The lowest BCUT2D eigenvalue weighted by molar-refractivity contribution is -0.167. The van der Waals surface area contributed by atoms with Gasteiger partial charge in [-0.05, 0) is 25.7 Å². The van der Waals surface area contributed by atoms with Gasteiger partial charge in [-0.3, -0.25) is 14.4 Å². The quantitative estimate of drug-likeness (QED) is 0.0695. The summed E-state index contributed by atoms with van der Waals surface area (Å²) in [6.07, 6.45) is 16.8. The van der Waals surface area contributed by atoms with E-state index < -0.39 is 12.0 Å². The van der Waals surface area contributed by atoms with Crippen molar-refractivity contribution in [2.75, 3.05) is 26.4 Å². The summed E-state index contributed by atoms with van der Waals surface area (Å²) in [5.74, 6) is -1.24. The highest BCUT2D eigenvalue weighted by molar-refractivity contribution is 5.72.